The summed E-state index contributed by atoms with van der Waals surface area (Å²) in [4.78, 5) is 0. The number of fused-ring (bicyclic) bond motifs is 5. The Morgan fingerprint density at radius 2 is 0.0357 bits per heavy atom. The van der Waals surface area contributed by atoms with Gasteiger partial charge in [0.15, 0.2) is 392 Å². The van der Waals surface area contributed by atoms with Crippen LogP contribution in [0, 0.1) is 0 Å². The maximum Gasteiger partial charge on any atom is 0.169 e. The van der Waals surface area contributed by atoms with Crippen molar-refractivity contribution in [2.45, 2.75) is 392 Å². The van der Waals surface area contributed by atoms with E-state index in [1.54, 1.807) is 0 Å². The van der Waals surface area contributed by atoms with Crippen molar-refractivity contribution in [2.24, 2.45) is 0 Å². The Kier molecular flexibility index (Phi) is 8.77. The second-order valence-corrected chi connectivity index (χ2v) is 49.7. The molecule has 36 saturated carbocycles. The first kappa shape index (κ1) is 85.8. The lowest BCUT2D eigenvalue weighted by molar-refractivity contribution is -0.658. The Bertz CT molecular complexity index is 7290. The molecule has 140 heavy (non-hydrogen) atoms. The van der Waals surface area contributed by atoms with E-state index >= 15 is 357 Å². The van der Waals surface area contributed by atoms with Gasteiger partial charge in [0.1, 0.15) is 0 Å². The quantitative estimate of drug-likeness (QED) is 0.107. The van der Waals surface area contributed by atoms with Crippen molar-refractivity contribution < 1.29 is 357 Å². The second kappa shape index (κ2) is 14.3. The van der Waals surface area contributed by atoms with E-state index in [9.17, 15) is 0 Å². The van der Waals surface area contributed by atoms with Gasteiger partial charge in [-0.25, -0.2) is 0 Å². The van der Waals surface area contributed by atoms with Crippen LogP contribution in [0.3, 0.4) is 0 Å². The molecule has 0 amide bonds. The minimum Gasteiger partial charge on any atom is -0.380 e. The lowest BCUT2D eigenvalue weighted by atomic mass is 9.15. The van der Waals surface area contributed by atoms with Crippen molar-refractivity contribution in [3.63, 3.8) is 0 Å². The van der Waals surface area contributed by atoms with Gasteiger partial charge in [-0.2, -0.15) is 0 Å². The summed E-state index contributed by atoms with van der Waals surface area (Å²) in [5.41, 5.74) is -636. The molecule has 0 aromatic heterocycles. The standard InChI is InChI=1S/C70H70O70/c71-1-2(72)5(75)3(1,73)7(77)15(85)20(90)16(7,86)25(95)18(88)10(5,80)12(82)6(2,76)11(81)8(78)4(1,74)9(79)14(84)13(8,83)23(93)29(99)19(11,89)28(98)22(12,92)32(102)38(108)27(18,97)39(109)45(115)35(25,105)31(20,101)37(107)26(96)17(9,87)21(15,91)30(100)24(14,94)34(104)33(23,103)44(114)51(121)41(29,111)40(28,110)50(120)42(32,112)54(124)48(38,118)49(39,119)57(127)61(131)53(45,123)47(37,117)56(126)55(125)46(116,36(26,30)106)43(34,113)52(44,122)60(130)63(55,133)68(138,64(56,61)134)69(139)65(57,135)62(54,132)67(137)58(50,128)59(51,129)66(60,136)70(67,69)140/h71-140H. The van der Waals surface area contributed by atoms with Crippen molar-refractivity contribution >= 4 is 0 Å². The second-order valence-electron chi connectivity index (χ2n) is 49.7. The first-order chi connectivity index (χ1) is 61.2. The van der Waals surface area contributed by atoms with Gasteiger partial charge in [0.2, 0.25) is 0 Å². The van der Waals surface area contributed by atoms with Crippen LogP contribution in [0.5, 0.6) is 0 Å². The molecule has 0 atom stereocenters. The van der Waals surface area contributed by atoms with Gasteiger partial charge in [-0.3, -0.25) is 0 Å². The van der Waals surface area contributed by atoms with E-state index in [1.807, 2.05) is 0 Å². The average Bonchev–Trinajstić information content (AvgIpc) is 1.28. The zero-order chi connectivity index (χ0) is 105. The van der Waals surface area contributed by atoms with E-state index in [0.717, 1.165) is 0 Å². The zero-order valence-corrected chi connectivity index (χ0v) is 66.3. The highest BCUT2D eigenvalue weighted by Gasteiger charge is 3.53. The highest BCUT2D eigenvalue weighted by atomic mass is 16.8. The SMILES string of the molecule is OC12C3(O)C4(O)C1(O)C1(O)C5(O)C6(O)C7(O)C8(O)C9(O)C%10(O)C%11(O)C%12(O)C(O)(C4%11O)C4(O)C%11(O)C%12(O)C%12(O)C%13(O)C%14(O)C%15(O)C%16(O)C%17(O)C%18(O)C%19(O)C%20(O)C%21(O)C%22(O)C%23(O)C(O)(C(O)(C%11%14O)C%11(O)C%23(O)C%14(O)C%22(O)C%22(O)C%20(O)C%20(O)C%19(O)C%19(O)C%17(O)C(O)(C%16%13O)C(O)(C%13(O)C%19(O)C%16(O)C(O)(C%138O)C6(O)C6(O)C(O)(C%22(O)C8(O)C6(O)C5(O)C2(O)C(O)(C3(O)C4%11O)C8%14O)C%20%16O)C9(O)C%12(O)C%10(O)C71O)C%15(O)C%18%21O. The largest absolute Gasteiger partial charge is 0.380 e. The molecule has 36 aliphatic rings. The summed E-state index contributed by atoms with van der Waals surface area (Å²) in [5.74, 6) is 0. The van der Waals surface area contributed by atoms with Crippen molar-refractivity contribution in [1.82, 2.24) is 0 Å². The van der Waals surface area contributed by atoms with Crippen LogP contribution in [0.1, 0.15) is 0 Å². The Hall–Kier alpha value is -2.80. The fourth-order valence-corrected chi connectivity index (χ4v) is 54.9. The third kappa shape index (κ3) is 2.74. The van der Waals surface area contributed by atoms with Gasteiger partial charge >= 0.3 is 0 Å². The predicted molar refractivity (Wildman–Crippen MR) is 346 cm³/mol. The van der Waals surface area contributed by atoms with Crippen molar-refractivity contribution in [3.05, 3.63) is 0 Å². The van der Waals surface area contributed by atoms with E-state index in [1.165, 1.54) is 0 Å². The molecule has 0 radical (unpaired) electrons. The number of aliphatic hydroxyl groups is 70. The Morgan fingerprint density at radius 1 is 0.0286 bits per heavy atom. The molecule has 0 aliphatic heterocycles. The molecule has 36 fully saturated rings. The fraction of sp³-hybridized carbons (Fsp3) is 1.00. The highest BCUT2D eigenvalue weighted by molar-refractivity contribution is 6.02. The fourth-order valence-electron chi connectivity index (χ4n) is 54.9. The van der Waals surface area contributed by atoms with Gasteiger partial charge in [0, 0.05) is 0 Å². The van der Waals surface area contributed by atoms with Crippen LogP contribution >= 0.6 is 0 Å². The molecule has 4 bridgehead atoms. The number of hydrogen-bond donors (Lipinski definition) is 70. The third-order valence-corrected chi connectivity index (χ3v) is 55.0. The molecule has 70 N–H and O–H groups in total. The van der Waals surface area contributed by atoms with E-state index in [2.05, 4.69) is 0 Å². The molecule has 36 aliphatic carbocycles. The van der Waals surface area contributed by atoms with Crippen LogP contribution in [0.4, 0.5) is 0 Å². The minimum atomic E-state index is -9.56. The smallest absolute Gasteiger partial charge is 0.169 e. The maximum absolute atomic E-state index is 16.8. The van der Waals surface area contributed by atoms with Crippen LogP contribution < -0.4 is 0 Å². The molecule has 70 nitrogen and oxygen atoms in total. The molecular formula is C70H70O70. The molecule has 0 aromatic rings. The summed E-state index contributed by atoms with van der Waals surface area (Å²) in [6.07, 6.45) is 0. The Morgan fingerprint density at radius 3 is 0.0429 bits per heavy atom. The monoisotopic (exact) mass is 2030 g/mol. The first-order valence-corrected chi connectivity index (χ1v) is 41.9. The number of rotatable bonds is 0. The van der Waals surface area contributed by atoms with Gasteiger partial charge < -0.3 is 357 Å². The molecule has 70 heteroatoms. The summed E-state index contributed by atoms with van der Waals surface area (Å²) < 4.78 is 0. The normalized spacial score (nSPS) is 97.5. The number of hydrogen-bond acceptors (Lipinski definition) is 70. The highest BCUT2D eigenvalue weighted by Crippen LogP contribution is 3.20. The molecule has 36 rings (SSSR count). The summed E-state index contributed by atoms with van der Waals surface area (Å²) in [7, 11) is 0. The van der Waals surface area contributed by atoms with E-state index in [-0.39, 0.29) is 0 Å². The molecule has 0 heterocycles. The van der Waals surface area contributed by atoms with Crippen LogP contribution in [-0.2, 0) is 0 Å². The Labute approximate surface area is 747 Å². The van der Waals surface area contributed by atoms with Crippen molar-refractivity contribution in [2.75, 3.05) is 0 Å². The van der Waals surface area contributed by atoms with E-state index in [0.29, 0.717) is 0 Å². The lowest BCUT2D eigenvalue weighted by Gasteiger charge is -2.94. The van der Waals surface area contributed by atoms with Gasteiger partial charge in [-0.1, -0.05) is 0 Å². The molecule has 0 saturated heterocycles. The van der Waals surface area contributed by atoms with Crippen LogP contribution in [0.15, 0.2) is 0 Å². The first-order valence-electron chi connectivity index (χ1n) is 41.9. The summed E-state index contributed by atoms with van der Waals surface area (Å²) >= 11 is 0. The maximum atomic E-state index is 16.8. The van der Waals surface area contributed by atoms with E-state index in [4.69, 9.17) is 0 Å². The average molecular weight is 2030 g/mol. The zero-order valence-electron chi connectivity index (χ0n) is 66.3. The summed E-state index contributed by atoms with van der Waals surface area (Å²) in [6, 6.07) is 0. The molecular weight excluding hydrogens is 1960 g/mol. The van der Waals surface area contributed by atoms with Crippen molar-refractivity contribution in [1.29, 1.82) is 0 Å². The summed E-state index contributed by atoms with van der Waals surface area (Å²) in [6.45, 7) is 0. The van der Waals surface area contributed by atoms with Gasteiger partial charge in [0.05, 0.1) is 0 Å². The topological polar surface area (TPSA) is 1420 Å². The van der Waals surface area contributed by atoms with E-state index < -0.39 is 392 Å². The molecule has 0 aromatic carbocycles. The van der Waals surface area contributed by atoms with Gasteiger partial charge in [-0.05, 0) is 0 Å². The van der Waals surface area contributed by atoms with Crippen molar-refractivity contribution in [3.8, 4) is 0 Å². The minimum absolute atomic E-state index is 8.51. The van der Waals surface area contributed by atoms with Crippen LogP contribution in [0.25, 0.3) is 0 Å². The van der Waals surface area contributed by atoms with Gasteiger partial charge in [0.25, 0.3) is 0 Å². The molecule has 0 unspecified atom stereocenters. The lowest BCUT2D eigenvalue weighted by Crippen LogP contribution is -3.26. The molecule has 0 spiro atoms. The molecule has 770 valence electrons. The predicted octanol–water partition coefficient (Wildman–Crippen LogP) is -53.3. The third-order valence-electron chi connectivity index (χ3n) is 55.0. The summed E-state index contributed by atoms with van der Waals surface area (Å²) in [5, 5.41) is 1140. The van der Waals surface area contributed by atoms with Crippen LogP contribution in [-0.4, -0.2) is 750 Å². The Balaban J connectivity index is 1.03. The van der Waals surface area contributed by atoms with Gasteiger partial charge in [-0.15, -0.1) is 0 Å². The van der Waals surface area contributed by atoms with Crippen LogP contribution in [0.2, 0.25) is 0 Å².